The number of para-hydroxylation sites is 1. The lowest BCUT2D eigenvalue weighted by Gasteiger charge is -2.05. The molecule has 3 aromatic rings. The lowest BCUT2D eigenvalue weighted by molar-refractivity contribution is -0.136. The van der Waals surface area contributed by atoms with Gasteiger partial charge in [0.2, 0.25) is 0 Å². The van der Waals surface area contributed by atoms with Crippen molar-refractivity contribution in [3.63, 3.8) is 0 Å². The van der Waals surface area contributed by atoms with E-state index >= 15 is 0 Å². The van der Waals surface area contributed by atoms with Gasteiger partial charge in [0.1, 0.15) is 5.58 Å². The van der Waals surface area contributed by atoms with Crippen LogP contribution in [0.2, 0.25) is 0 Å². The molecular weight excluding hydrogens is 259 g/mol. The van der Waals surface area contributed by atoms with Gasteiger partial charge in [0.15, 0.2) is 0 Å². The van der Waals surface area contributed by atoms with Crippen LogP contribution in [0.5, 0.6) is 0 Å². The average molecular weight is 267 g/mol. The first-order valence-corrected chi connectivity index (χ1v) is 5.51. The van der Waals surface area contributed by atoms with Crippen LogP contribution in [0.1, 0.15) is 11.3 Å². The first kappa shape index (κ1) is 11.8. The van der Waals surface area contributed by atoms with E-state index in [0.29, 0.717) is 5.39 Å². The van der Waals surface area contributed by atoms with E-state index in [0.717, 1.165) is 0 Å². The van der Waals surface area contributed by atoms with Gasteiger partial charge in [-0.05, 0) is 19.1 Å². The zero-order valence-corrected chi connectivity index (χ0v) is 9.76. The van der Waals surface area contributed by atoms with E-state index in [1.807, 2.05) is 0 Å². The molecule has 0 aliphatic rings. The van der Waals surface area contributed by atoms with Crippen molar-refractivity contribution in [2.45, 2.75) is 13.1 Å². The van der Waals surface area contributed by atoms with Crippen molar-refractivity contribution in [2.75, 3.05) is 0 Å². The maximum absolute atomic E-state index is 13.0. The molecule has 1 N–H and O–H groups in total. The van der Waals surface area contributed by atoms with Gasteiger partial charge in [-0.25, -0.2) is 4.79 Å². The predicted molar refractivity (Wildman–Crippen MR) is 64.1 cm³/mol. The molecule has 19 heavy (non-hydrogen) atoms. The normalized spacial score (nSPS) is 12.4. The summed E-state index contributed by atoms with van der Waals surface area (Å²) in [6.45, 7) is 1.29. The standard InChI is InChI=1S/C13H8F3NO2/c1-6-10(13(14,15)16)9-11(17-6)7-4-2-3-5-8(7)19-12(9)18/h2-5,17H,1H3. The molecule has 0 radical (unpaired) electrons. The zero-order chi connectivity index (χ0) is 13.8. The fourth-order valence-electron chi connectivity index (χ4n) is 2.30. The Morgan fingerprint density at radius 2 is 1.89 bits per heavy atom. The highest BCUT2D eigenvalue weighted by Crippen LogP contribution is 2.37. The molecule has 0 fully saturated rings. The van der Waals surface area contributed by atoms with E-state index in [9.17, 15) is 18.0 Å². The van der Waals surface area contributed by atoms with Crippen LogP contribution in [0.3, 0.4) is 0 Å². The summed E-state index contributed by atoms with van der Waals surface area (Å²) >= 11 is 0. The molecule has 0 saturated heterocycles. The fraction of sp³-hybridized carbons (Fsp3) is 0.154. The third-order valence-electron chi connectivity index (χ3n) is 3.03. The lowest BCUT2D eigenvalue weighted by atomic mass is 10.1. The lowest BCUT2D eigenvalue weighted by Crippen LogP contribution is -2.10. The monoisotopic (exact) mass is 267 g/mol. The van der Waals surface area contributed by atoms with E-state index in [1.165, 1.54) is 6.92 Å². The number of aryl methyl sites for hydroxylation is 1. The molecule has 0 spiro atoms. The van der Waals surface area contributed by atoms with Crippen molar-refractivity contribution in [1.29, 1.82) is 0 Å². The van der Waals surface area contributed by atoms with Gasteiger partial charge in [0.25, 0.3) is 0 Å². The molecule has 0 saturated carbocycles. The Morgan fingerprint density at radius 1 is 1.21 bits per heavy atom. The SMILES string of the molecule is Cc1[nH]c2c(c1C(F)(F)F)c(=O)oc1ccccc12. The fourth-order valence-corrected chi connectivity index (χ4v) is 2.30. The number of aromatic amines is 1. The quantitative estimate of drug-likeness (QED) is 0.632. The summed E-state index contributed by atoms with van der Waals surface area (Å²) < 4.78 is 43.9. The molecule has 98 valence electrons. The third-order valence-corrected chi connectivity index (χ3v) is 3.03. The van der Waals surface area contributed by atoms with Gasteiger partial charge in [-0.15, -0.1) is 0 Å². The van der Waals surface area contributed by atoms with Crippen LogP contribution in [-0.2, 0) is 6.18 Å². The molecule has 3 nitrogen and oxygen atoms in total. The summed E-state index contributed by atoms with van der Waals surface area (Å²) in [4.78, 5) is 14.4. The number of hydrogen-bond donors (Lipinski definition) is 1. The molecule has 0 bridgehead atoms. The topological polar surface area (TPSA) is 46.0 Å². The van der Waals surface area contributed by atoms with Crippen molar-refractivity contribution in [2.24, 2.45) is 0 Å². The molecular formula is C13H8F3NO2. The van der Waals surface area contributed by atoms with Crippen LogP contribution in [0, 0.1) is 6.92 Å². The summed E-state index contributed by atoms with van der Waals surface area (Å²) in [5.74, 6) is 0. The largest absolute Gasteiger partial charge is 0.422 e. The Morgan fingerprint density at radius 3 is 2.58 bits per heavy atom. The predicted octanol–water partition coefficient (Wildman–Crippen LogP) is 3.60. The molecule has 3 rings (SSSR count). The van der Waals surface area contributed by atoms with Gasteiger partial charge in [-0.3, -0.25) is 0 Å². The Hall–Kier alpha value is -2.24. The van der Waals surface area contributed by atoms with E-state index < -0.39 is 22.8 Å². The average Bonchev–Trinajstić information content (AvgIpc) is 2.67. The van der Waals surface area contributed by atoms with Gasteiger partial charge in [-0.2, -0.15) is 13.2 Å². The highest BCUT2D eigenvalue weighted by atomic mass is 19.4. The Labute approximate surface area is 104 Å². The number of rotatable bonds is 0. The molecule has 6 heteroatoms. The van der Waals surface area contributed by atoms with Gasteiger partial charge in [0.05, 0.1) is 16.5 Å². The van der Waals surface area contributed by atoms with Crippen LogP contribution in [0.15, 0.2) is 33.5 Å². The first-order chi connectivity index (χ1) is 8.89. The number of nitrogens with one attached hydrogen (secondary N) is 1. The minimum Gasteiger partial charge on any atom is -0.422 e. The van der Waals surface area contributed by atoms with Gasteiger partial charge in [-0.1, -0.05) is 12.1 Å². The Balaban J connectivity index is 2.60. The van der Waals surface area contributed by atoms with Crippen LogP contribution >= 0.6 is 0 Å². The van der Waals surface area contributed by atoms with E-state index in [1.54, 1.807) is 24.3 Å². The molecule has 0 atom stereocenters. The number of benzene rings is 1. The maximum Gasteiger partial charge on any atom is 0.418 e. The number of H-pyrrole nitrogens is 1. The highest BCUT2D eigenvalue weighted by Gasteiger charge is 2.37. The highest BCUT2D eigenvalue weighted by molar-refractivity contribution is 6.03. The summed E-state index contributed by atoms with van der Waals surface area (Å²) in [6.07, 6.45) is -4.60. The van der Waals surface area contributed by atoms with Crippen LogP contribution < -0.4 is 5.63 Å². The third kappa shape index (κ3) is 1.63. The second-order valence-electron chi connectivity index (χ2n) is 4.26. The van der Waals surface area contributed by atoms with Gasteiger partial charge < -0.3 is 9.40 Å². The Bertz CT molecular complexity index is 843. The van der Waals surface area contributed by atoms with Crippen LogP contribution in [0.4, 0.5) is 13.2 Å². The molecule has 1 aromatic carbocycles. The molecule has 2 aromatic heterocycles. The number of aromatic nitrogens is 1. The summed E-state index contributed by atoms with van der Waals surface area (Å²) in [7, 11) is 0. The van der Waals surface area contributed by atoms with Crippen molar-refractivity contribution in [1.82, 2.24) is 4.98 Å². The minimum absolute atomic E-state index is 0.0915. The van der Waals surface area contributed by atoms with Gasteiger partial charge in [0, 0.05) is 11.1 Å². The molecule has 0 unspecified atom stereocenters. The van der Waals surface area contributed by atoms with Crippen LogP contribution in [0.25, 0.3) is 21.9 Å². The molecule has 2 heterocycles. The molecule has 0 aliphatic heterocycles. The first-order valence-electron chi connectivity index (χ1n) is 5.51. The second-order valence-corrected chi connectivity index (χ2v) is 4.26. The van der Waals surface area contributed by atoms with E-state index in [2.05, 4.69) is 4.98 Å². The summed E-state index contributed by atoms with van der Waals surface area (Å²) in [6, 6.07) is 6.47. The number of hydrogen-bond acceptors (Lipinski definition) is 2. The summed E-state index contributed by atoms with van der Waals surface area (Å²) in [5.41, 5.74) is -1.61. The minimum atomic E-state index is -4.60. The van der Waals surface area contributed by atoms with Crippen molar-refractivity contribution in [3.05, 3.63) is 45.9 Å². The van der Waals surface area contributed by atoms with E-state index in [4.69, 9.17) is 4.42 Å². The van der Waals surface area contributed by atoms with Gasteiger partial charge >= 0.3 is 11.8 Å². The van der Waals surface area contributed by atoms with Crippen molar-refractivity contribution in [3.8, 4) is 0 Å². The van der Waals surface area contributed by atoms with E-state index in [-0.39, 0.29) is 16.8 Å². The van der Waals surface area contributed by atoms with Crippen molar-refractivity contribution < 1.29 is 17.6 Å². The van der Waals surface area contributed by atoms with Crippen LogP contribution in [-0.4, -0.2) is 4.98 Å². The smallest absolute Gasteiger partial charge is 0.418 e. The zero-order valence-electron chi connectivity index (χ0n) is 9.76. The maximum atomic E-state index is 13.0. The number of alkyl halides is 3. The second kappa shape index (κ2) is 3.63. The number of fused-ring (bicyclic) bond motifs is 3. The number of halogens is 3. The van der Waals surface area contributed by atoms with Crippen molar-refractivity contribution >= 4 is 21.9 Å². The molecule has 0 aliphatic carbocycles. The summed E-state index contributed by atoms with van der Waals surface area (Å²) in [5, 5.41) is 0.0133. The Kier molecular flexibility index (Phi) is 2.26. The molecule has 0 amide bonds.